The molecule has 0 heterocycles. The van der Waals surface area contributed by atoms with Crippen LogP contribution in [0.25, 0.3) is 0 Å². The Labute approximate surface area is 185 Å². The molecule has 3 heteroatoms. The van der Waals surface area contributed by atoms with Crippen molar-refractivity contribution in [3.8, 4) is 0 Å². The monoisotopic (exact) mass is 416 g/mol. The van der Waals surface area contributed by atoms with Crippen LogP contribution in [0.5, 0.6) is 0 Å². The average molecular weight is 417 g/mol. The van der Waals surface area contributed by atoms with E-state index in [0.29, 0.717) is 51.2 Å². The number of methoxy groups -OCH3 is 1. The third kappa shape index (κ3) is 2.24. The lowest BCUT2D eigenvalue weighted by molar-refractivity contribution is -0.144. The molecule has 0 bridgehead atoms. The highest BCUT2D eigenvalue weighted by Crippen LogP contribution is 2.88. The lowest BCUT2D eigenvalue weighted by Crippen LogP contribution is -2.59. The Morgan fingerprint density at radius 2 is 1.53 bits per heavy atom. The summed E-state index contributed by atoms with van der Waals surface area (Å²) in [5.41, 5.74) is 2.51. The van der Waals surface area contributed by atoms with Crippen LogP contribution < -0.4 is 10.6 Å². The van der Waals surface area contributed by atoms with Gasteiger partial charge in [0.25, 0.3) is 0 Å². The van der Waals surface area contributed by atoms with Gasteiger partial charge < -0.3 is 15.4 Å². The second kappa shape index (κ2) is 6.48. The smallest absolute Gasteiger partial charge is 0.0625 e. The second-order valence-corrected chi connectivity index (χ2v) is 13.3. The Bertz CT molecular complexity index is 707. The molecule has 7 unspecified atom stereocenters. The van der Waals surface area contributed by atoms with Crippen LogP contribution in [0.2, 0.25) is 0 Å². The van der Waals surface area contributed by atoms with Gasteiger partial charge in [-0.2, -0.15) is 0 Å². The van der Waals surface area contributed by atoms with Crippen LogP contribution in [-0.4, -0.2) is 39.4 Å². The molecule has 0 aliphatic heterocycles. The van der Waals surface area contributed by atoms with Gasteiger partial charge in [-0.1, -0.05) is 27.7 Å². The number of ether oxygens (including phenoxy) is 1. The van der Waals surface area contributed by atoms with Crippen LogP contribution >= 0.6 is 0 Å². The minimum atomic E-state index is 0.389. The van der Waals surface area contributed by atoms with Crippen LogP contribution in [0.1, 0.15) is 86.0 Å². The van der Waals surface area contributed by atoms with Crippen LogP contribution in [0.15, 0.2) is 0 Å². The zero-order chi connectivity index (χ0) is 21.7. The van der Waals surface area contributed by atoms with Gasteiger partial charge in [0.1, 0.15) is 0 Å². The lowest BCUT2D eigenvalue weighted by atomic mass is 9.42. The number of fused-ring (bicyclic) bond motifs is 2. The van der Waals surface area contributed by atoms with Crippen molar-refractivity contribution in [1.29, 1.82) is 0 Å². The van der Waals surface area contributed by atoms with Crippen molar-refractivity contribution in [2.24, 2.45) is 44.8 Å². The summed E-state index contributed by atoms with van der Waals surface area (Å²) in [5, 5.41) is 7.32. The average Bonchev–Trinajstić information content (AvgIpc) is 3.31. The summed E-state index contributed by atoms with van der Waals surface area (Å²) >= 11 is 0. The minimum Gasteiger partial charge on any atom is -0.381 e. The highest BCUT2D eigenvalue weighted by Gasteiger charge is 2.82. The molecule has 30 heavy (non-hydrogen) atoms. The summed E-state index contributed by atoms with van der Waals surface area (Å²) in [5.74, 6) is 2.43. The van der Waals surface area contributed by atoms with Crippen molar-refractivity contribution in [3.05, 3.63) is 0 Å². The van der Waals surface area contributed by atoms with E-state index in [1.165, 1.54) is 51.4 Å². The van der Waals surface area contributed by atoms with E-state index in [2.05, 4.69) is 59.3 Å². The number of rotatable bonds is 4. The number of nitrogens with one attached hydrogen (secondary N) is 2. The third-order valence-electron chi connectivity index (χ3n) is 12.8. The molecule has 5 fully saturated rings. The summed E-state index contributed by atoms with van der Waals surface area (Å²) in [4.78, 5) is 0. The molecule has 0 aromatic carbocycles. The van der Waals surface area contributed by atoms with Crippen molar-refractivity contribution in [3.63, 3.8) is 0 Å². The Hall–Kier alpha value is -0.120. The van der Waals surface area contributed by atoms with E-state index in [-0.39, 0.29) is 0 Å². The molecule has 5 saturated carbocycles. The molecule has 5 aliphatic carbocycles. The molecule has 5 rings (SSSR count). The summed E-state index contributed by atoms with van der Waals surface area (Å²) < 4.78 is 6.21. The van der Waals surface area contributed by atoms with E-state index < -0.39 is 0 Å². The topological polar surface area (TPSA) is 33.3 Å². The number of hydrogen-bond donors (Lipinski definition) is 2. The maximum Gasteiger partial charge on any atom is 0.0625 e. The Kier molecular flexibility index (Phi) is 4.69. The first kappa shape index (κ1) is 21.7. The van der Waals surface area contributed by atoms with E-state index in [1.807, 2.05) is 7.11 Å². The fraction of sp³-hybridized carbons (Fsp3) is 1.00. The predicted molar refractivity (Wildman–Crippen MR) is 124 cm³/mol. The molecule has 0 amide bonds. The van der Waals surface area contributed by atoms with Gasteiger partial charge in [0.15, 0.2) is 0 Å². The highest BCUT2D eigenvalue weighted by molar-refractivity contribution is 5.31. The van der Waals surface area contributed by atoms with E-state index in [0.717, 1.165) is 11.8 Å². The molecular formula is C27H48N2O. The van der Waals surface area contributed by atoms with Crippen molar-refractivity contribution in [2.75, 3.05) is 21.2 Å². The van der Waals surface area contributed by atoms with Crippen molar-refractivity contribution < 1.29 is 4.74 Å². The largest absolute Gasteiger partial charge is 0.381 e. The molecule has 0 aromatic heterocycles. The van der Waals surface area contributed by atoms with Crippen molar-refractivity contribution >= 4 is 0 Å². The summed E-state index contributed by atoms with van der Waals surface area (Å²) in [6.07, 6.45) is 11.8. The van der Waals surface area contributed by atoms with E-state index in [4.69, 9.17) is 4.74 Å². The molecule has 172 valence electrons. The predicted octanol–water partition coefficient (Wildman–Crippen LogP) is 5.25. The molecule has 10 atom stereocenters. The second-order valence-electron chi connectivity index (χ2n) is 13.3. The SMILES string of the molecule is CNC1CCC23CC24CCC2(C)C([C@H](C)NC)[C@H](OC)C[C@@]2(C)C4CCC3C1(C)C. The Morgan fingerprint density at radius 3 is 2.17 bits per heavy atom. The van der Waals surface area contributed by atoms with Crippen LogP contribution in [0.3, 0.4) is 0 Å². The molecule has 0 aromatic rings. The van der Waals surface area contributed by atoms with Gasteiger partial charge >= 0.3 is 0 Å². The zero-order valence-corrected chi connectivity index (χ0v) is 21.0. The first-order valence-electron chi connectivity index (χ1n) is 13.0. The lowest BCUT2D eigenvalue weighted by Gasteiger charge is -2.63. The van der Waals surface area contributed by atoms with E-state index in [9.17, 15) is 0 Å². The molecule has 0 saturated heterocycles. The molecule has 2 spiro atoms. The molecule has 5 aliphatic rings. The molecule has 3 nitrogen and oxygen atoms in total. The fourth-order valence-corrected chi connectivity index (χ4v) is 11.2. The number of hydrogen-bond acceptors (Lipinski definition) is 3. The summed E-state index contributed by atoms with van der Waals surface area (Å²) in [6.45, 7) is 12.9. The third-order valence-corrected chi connectivity index (χ3v) is 12.8. The quantitative estimate of drug-likeness (QED) is 0.657. The van der Waals surface area contributed by atoms with Gasteiger partial charge in [0, 0.05) is 25.1 Å². The maximum atomic E-state index is 6.21. The first-order valence-corrected chi connectivity index (χ1v) is 13.0. The Morgan fingerprint density at radius 1 is 0.867 bits per heavy atom. The van der Waals surface area contributed by atoms with E-state index in [1.54, 1.807) is 0 Å². The summed E-state index contributed by atoms with van der Waals surface area (Å²) in [6, 6.07) is 1.21. The fourth-order valence-electron chi connectivity index (χ4n) is 11.2. The van der Waals surface area contributed by atoms with Crippen molar-refractivity contribution in [1.82, 2.24) is 10.6 Å². The van der Waals surface area contributed by atoms with Gasteiger partial charge in [-0.15, -0.1) is 0 Å². The van der Waals surface area contributed by atoms with Crippen LogP contribution in [0.4, 0.5) is 0 Å². The van der Waals surface area contributed by atoms with Crippen molar-refractivity contribution in [2.45, 2.75) is 104 Å². The Balaban J connectivity index is 1.52. The summed E-state index contributed by atoms with van der Waals surface area (Å²) in [7, 11) is 6.30. The van der Waals surface area contributed by atoms with Crippen LogP contribution in [0, 0.1) is 44.8 Å². The maximum absolute atomic E-state index is 6.21. The highest BCUT2D eigenvalue weighted by atomic mass is 16.5. The first-order chi connectivity index (χ1) is 14.1. The van der Waals surface area contributed by atoms with Crippen LogP contribution in [-0.2, 0) is 4.74 Å². The minimum absolute atomic E-state index is 0.389. The normalized spacial score (nSPS) is 57.0. The van der Waals surface area contributed by atoms with E-state index >= 15 is 0 Å². The van der Waals surface area contributed by atoms with Gasteiger partial charge in [0.05, 0.1) is 6.10 Å². The zero-order valence-electron chi connectivity index (χ0n) is 21.0. The molecule has 0 radical (unpaired) electrons. The molecule has 2 N–H and O–H groups in total. The van der Waals surface area contributed by atoms with Gasteiger partial charge in [-0.3, -0.25) is 0 Å². The standard InChI is InChI=1S/C27H48N2O/c1-17(28-6)22-18(30-8)15-25(5)20-10-9-19-23(2,3)21(29-7)11-12-26(19)16-27(20,26)14-13-24(22,25)4/h17-22,28-29H,9-16H2,1-8H3/t17-,18+,19?,20?,21?,22?,24?,25-,26?,27?/m0/s1. The van der Waals surface area contributed by atoms with Gasteiger partial charge in [-0.25, -0.2) is 0 Å². The molecular weight excluding hydrogens is 368 g/mol. The van der Waals surface area contributed by atoms with Gasteiger partial charge in [-0.05, 0) is 111 Å². The van der Waals surface area contributed by atoms with Gasteiger partial charge in [0.2, 0.25) is 0 Å².